The van der Waals surface area contributed by atoms with Gasteiger partial charge in [0.05, 0.1) is 17.7 Å². The number of nitrogens with one attached hydrogen (secondary N) is 3. The molecule has 9 heteroatoms. The van der Waals surface area contributed by atoms with Gasteiger partial charge in [0, 0.05) is 11.6 Å². The molecule has 0 saturated heterocycles. The molecule has 3 aromatic carbocycles. The highest BCUT2D eigenvalue weighted by molar-refractivity contribution is 6.07. The van der Waals surface area contributed by atoms with Crippen molar-refractivity contribution in [1.82, 2.24) is 11.0 Å². The van der Waals surface area contributed by atoms with Gasteiger partial charge in [0.1, 0.15) is 5.75 Å². The topological polar surface area (TPSA) is 117 Å². The number of carbonyl (C=O) groups excluding carboxylic acids is 1. The number of carbonyl (C=O) groups is 1. The fraction of sp³-hybridized carbons (Fsp3) is 0.185. The first-order chi connectivity index (χ1) is 17.7. The van der Waals surface area contributed by atoms with Crippen LogP contribution in [0.15, 0.2) is 98.4 Å². The second-order valence-corrected chi connectivity index (χ2v) is 8.34. The quantitative estimate of drug-likeness (QED) is 0.291. The standard InChI is InChI=1S/C27H25N5O4/c33-23-17-24(26-29-31-32-30-26)36-25-21(23)10-6-11-22(25)28-27(34)19-12-14-20(15-13-19)35-16-5-4-9-18-7-2-1-3-8-18/h1-3,6-8,10-15,17,26H,4-5,9,16H2,(H,28,34)(H,29,32)(H,30,31). The van der Waals surface area contributed by atoms with Crippen molar-refractivity contribution in [3.8, 4) is 5.75 Å². The lowest BCUT2D eigenvalue weighted by Crippen LogP contribution is -2.24. The van der Waals surface area contributed by atoms with Gasteiger partial charge in [0.2, 0.25) is 0 Å². The summed E-state index contributed by atoms with van der Waals surface area (Å²) in [7, 11) is 0. The molecule has 1 aliphatic rings. The van der Waals surface area contributed by atoms with Crippen LogP contribution >= 0.6 is 0 Å². The third kappa shape index (κ3) is 5.42. The molecule has 4 aromatic rings. The fourth-order valence-corrected chi connectivity index (χ4v) is 3.92. The molecule has 1 aromatic heterocycles. The fourth-order valence-electron chi connectivity index (χ4n) is 3.92. The minimum atomic E-state index is -0.628. The lowest BCUT2D eigenvalue weighted by Gasteiger charge is -2.11. The summed E-state index contributed by atoms with van der Waals surface area (Å²) in [5, 5.41) is 10.7. The summed E-state index contributed by atoms with van der Waals surface area (Å²) in [4.78, 5) is 25.5. The van der Waals surface area contributed by atoms with Crippen LogP contribution in [0.3, 0.4) is 0 Å². The summed E-state index contributed by atoms with van der Waals surface area (Å²) in [6.07, 6.45) is 2.39. The van der Waals surface area contributed by atoms with Gasteiger partial charge in [-0.05, 0) is 61.2 Å². The van der Waals surface area contributed by atoms with Gasteiger partial charge in [0.25, 0.3) is 5.91 Å². The van der Waals surface area contributed by atoms with E-state index in [0.717, 1.165) is 19.3 Å². The molecule has 0 spiro atoms. The maximum Gasteiger partial charge on any atom is 0.255 e. The zero-order valence-corrected chi connectivity index (χ0v) is 19.4. The van der Waals surface area contributed by atoms with E-state index in [1.54, 1.807) is 42.5 Å². The first-order valence-corrected chi connectivity index (χ1v) is 11.7. The molecule has 0 bridgehead atoms. The predicted molar refractivity (Wildman–Crippen MR) is 136 cm³/mol. The van der Waals surface area contributed by atoms with E-state index in [2.05, 4.69) is 50.9 Å². The number of hydrazine groups is 1. The minimum Gasteiger partial charge on any atom is -0.494 e. The highest BCUT2D eigenvalue weighted by Crippen LogP contribution is 2.26. The highest BCUT2D eigenvalue weighted by atomic mass is 16.5. The molecule has 0 aliphatic carbocycles. The summed E-state index contributed by atoms with van der Waals surface area (Å²) in [5.74, 6) is 0.664. The molecule has 9 nitrogen and oxygen atoms in total. The average Bonchev–Trinajstić information content (AvgIpc) is 3.45. The summed E-state index contributed by atoms with van der Waals surface area (Å²) in [6, 6.07) is 23.7. The van der Waals surface area contributed by atoms with Crippen LogP contribution in [0.2, 0.25) is 0 Å². The Morgan fingerprint density at radius 3 is 2.61 bits per heavy atom. The number of ether oxygens (including phenoxy) is 1. The lowest BCUT2D eigenvalue weighted by atomic mass is 10.1. The number of nitrogens with zero attached hydrogens (tertiary/aromatic N) is 2. The largest absolute Gasteiger partial charge is 0.494 e. The van der Waals surface area contributed by atoms with Crippen LogP contribution in [0.1, 0.15) is 40.7 Å². The lowest BCUT2D eigenvalue weighted by molar-refractivity contribution is 0.102. The predicted octanol–water partition coefficient (Wildman–Crippen LogP) is 4.92. The molecule has 0 fully saturated rings. The number of amides is 1. The molecule has 1 unspecified atom stereocenters. The molecule has 1 atom stereocenters. The zero-order chi connectivity index (χ0) is 24.7. The Morgan fingerprint density at radius 2 is 1.83 bits per heavy atom. The van der Waals surface area contributed by atoms with Gasteiger partial charge >= 0.3 is 0 Å². The third-order valence-corrected chi connectivity index (χ3v) is 5.80. The van der Waals surface area contributed by atoms with Gasteiger partial charge in [0.15, 0.2) is 22.9 Å². The van der Waals surface area contributed by atoms with Crippen molar-refractivity contribution in [3.05, 3.63) is 106 Å². The SMILES string of the molecule is O=C(Nc1cccc2c(=O)cc(C3N=NNN3)oc12)c1ccc(OCCCCc2ccccc2)cc1. The van der Waals surface area contributed by atoms with Crippen molar-refractivity contribution < 1.29 is 13.9 Å². The van der Waals surface area contributed by atoms with Crippen LogP contribution in [0.25, 0.3) is 11.0 Å². The van der Waals surface area contributed by atoms with E-state index in [0.29, 0.717) is 29.0 Å². The number of fused-ring (bicyclic) bond motifs is 1. The Labute approximate surface area is 207 Å². The highest BCUT2D eigenvalue weighted by Gasteiger charge is 2.20. The van der Waals surface area contributed by atoms with Crippen LogP contribution < -0.4 is 26.4 Å². The Bertz CT molecular complexity index is 1430. The molecular formula is C27H25N5O4. The zero-order valence-electron chi connectivity index (χ0n) is 19.4. The summed E-state index contributed by atoms with van der Waals surface area (Å²) < 4.78 is 11.7. The molecule has 2 heterocycles. The van der Waals surface area contributed by atoms with Gasteiger partial charge in [-0.2, -0.15) is 5.43 Å². The third-order valence-electron chi connectivity index (χ3n) is 5.80. The second kappa shape index (κ2) is 10.8. The molecule has 0 saturated carbocycles. The van der Waals surface area contributed by atoms with E-state index in [1.165, 1.54) is 11.6 Å². The Kier molecular flexibility index (Phi) is 7.00. The van der Waals surface area contributed by atoms with Gasteiger partial charge in [-0.1, -0.05) is 41.6 Å². The van der Waals surface area contributed by atoms with Gasteiger partial charge in [-0.3, -0.25) is 9.59 Å². The van der Waals surface area contributed by atoms with Crippen molar-refractivity contribution >= 4 is 22.6 Å². The molecule has 3 N–H and O–H groups in total. The van der Waals surface area contributed by atoms with E-state index >= 15 is 0 Å². The number of benzene rings is 3. The molecule has 0 radical (unpaired) electrons. The van der Waals surface area contributed by atoms with Crippen molar-refractivity contribution in [2.24, 2.45) is 10.3 Å². The summed E-state index contributed by atoms with van der Waals surface area (Å²) in [5.41, 5.74) is 7.47. The maximum absolute atomic E-state index is 12.9. The smallest absolute Gasteiger partial charge is 0.255 e. The van der Waals surface area contributed by atoms with Crippen LogP contribution in [-0.2, 0) is 6.42 Å². The Balaban J connectivity index is 1.20. The number of hydrogen-bond donors (Lipinski definition) is 3. The number of hydrogen-bond acceptors (Lipinski definition) is 8. The second-order valence-electron chi connectivity index (χ2n) is 8.34. The van der Waals surface area contributed by atoms with E-state index in [1.807, 2.05) is 6.07 Å². The Morgan fingerprint density at radius 1 is 1.00 bits per heavy atom. The van der Waals surface area contributed by atoms with Crippen LogP contribution in [-0.4, -0.2) is 12.5 Å². The molecular weight excluding hydrogens is 458 g/mol. The first-order valence-electron chi connectivity index (χ1n) is 11.7. The molecule has 36 heavy (non-hydrogen) atoms. The molecule has 5 rings (SSSR count). The average molecular weight is 484 g/mol. The Hall–Kier alpha value is -4.50. The number of para-hydroxylation sites is 1. The number of rotatable bonds is 9. The first kappa shape index (κ1) is 23.3. The summed E-state index contributed by atoms with van der Waals surface area (Å²) in [6.45, 7) is 0.612. The van der Waals surface area contributed by atoms with Crippen molar-refractivity contribution in [2.75, 3.05) is 11.9 Å². The van der Waals surface area contributed by atoms with Crippen LogP contribution in [0.5, 0.6) is 5.75 Å². The van der Waals surface area contributed by atoms with Gasteiger partial charge in [-0.15, -0.1) is 5.11 Å². The molecule has 1 aliphatic heterocycles. The van der Waals surface area contributed by atoms with Crippen molar-refractivity contribution in [1.29, 1.82) is 0 Å². The van der Waals surface area contributed by atoms with Crippen molar-refractivity contribution in [3.63, 3.8) is 0 Å². The number of aryl methyl sites for hydroxylation is 1. The molecule has 1 amide bonds. The van der Waals surface area contributed by atoms with Gasteiger partial charge < -0.3 is 14.5 Å². The normalized spacial score (nSPS) is 14.5. The van der Waals surface area contributed by atoms with E-state index in [4.69, 9.17) is 9.15 Å². The van der Waals surface area contributed by atoms with E-state index < -0.39 is 6.17 Å². The van der Waals surface area contributed by atoms with Gasteiger partial charge in [-0.25, -0.2) is 5.53 Å². The maximum atomic E-state index is 12.9. The van der Waals surface area contributed by atoms with E-state index in [-0.39, 0.29) is 22.7 Å². The summed E-state index contributed by atoms with van der Waals surface area (Å²) >= 11 is 0. The van der Waals surface area contributed by atoms with E-state index in [9.17, 15) is 9.59 Å². The minimum absolute atomic E-state index is 0.239. The number of unbranched alkanes of at least 4 members (excludes halogenated alkanes) is 1. The molecule has 182 valence electrons. The number of anilines is 1. The van der Waals surface area contributed by atoms with Crippen molar-refractivity contribution in [2.45, 2.75) is 25.4 Å². The van der Waals surface area contributed by atoms with Crippen LogP contribution in [0.4, 0.5) is 5.69 Å². The van der Waals surface area contributed by atoms with Crippen LogP contribution in [0, 0.1) is 0 Å². The monoisotopic (exact) mass is 483 g/mol.